The number of carbonyl (C=O) groups is 2. The lowest BCUT2D eigenvalue weighted by Crippen LogP contribution is -2.29. The first-order chi connectivity index (χ1) is 10.7. The predicted octanol–water partition coefficient (Wildman–Crippen LogP) is 2.04. The zero-order valence-electron chi connectivity index (χ0n) is 12.1. The van der Waals surface area contributed by atoms with Crippen molar-refractivity contribution in [1.29, 1.82) is 0 Å². The quantitative estimate of drug-likeness (QED) is 0.672. The molecule has 1 heterocycles. The molecule has 112 valence electrons. The molecule has 0 aliphatic carbocycles. The van der Waals surface area contributed by atoms with Crippen LogP contribution in [0.25, 0.3) is 0 Å². The van der Waals surface area contributed by atoms with Gasteiger partial charge in [0.1, 0.15) is 0 Å². The van der Waals surface area contributed by atoms with Crippen molar-refractivity contribution in [3.8, 4) is 0 Å². The minimum Gasteiger partial charge on any atom is -0.397 e. The van der Waals surface area contributed by atoms with Crippen molar-refractivity contribution in [2.24, 2.45) is 0 Å². The van der Waals surface area contributed by atoms with Gasteiger partial charge in [0, 0.05) is 18.7 Å². The summed E-state index contributed by atoms with van der Waals surface area (Å²) in [4.78, 5) is 25.0. The lowest BCUT2D eigenvalue weighted by molar-refractivity contribution is -0.118. The molecule has 0 spiro atoms. The maximum absolute atomic E-state index is 12.4. The normalized spacial score (nSPS) is 13.4. The molecule has 2 aromatic rings. The third-order valence-corrected chi connectivity index (χ3v) is 3.87. The number of amides is 2. The average Bonchev–Trinajstić information content (AvgIpc) is 2.55. The van der Waals surface area contributed by atoms with Crippen LogP contribution in [-0.2, 0) is 17.8 Å². The Bertz CT molecular complexity index is 728. The summed E-state index contributed by atoms with van der Waals surface area (Å²) in [6.07, 6.45) is 1.67. The highest BCUT2D eigenvalue weighted by Crippen LogP contribution is 2.22. The molecule has 2 amide bonds. The fourth-order valence-electron chi connectivity index (χ4n) is 2.62. The van der Waals surface area contributed by atoms with Crippen LogP contribution in [0, 0.1) is 0 Å². The van der Waals surface area contributed by atoms with Gasteiger partial charge in [0.05, 0.1) is 11.4 Å². The summed E-state index contributed by atoms with van der Waals surface area (Å²) in [6, 6.07) is 12.8. The third-order valence-electron chi connectivity index (χ3n) is 3.87. The number of nitrogens with zero attached hydrogens (tertiary/aromatic N) is 1. The van der Waals surface area contributed by atoms with E-state index < -0.39 is 0 Å². The summed E-state index contributed by atoms with van der Waals surface area (Å²) >= 11 is 0. The molecule has 22 heavy (non-hydrogen) atoms. The number of anilines is 2. The second kappa shape index (κ2) is 5.89. The van der Waals surface area contributed by atoms with E-state index in [1.807, 2.05) is 30.3 Å². The molecule has 0 unspecified atom stereocenters. The topological polar surface area (TPSA) is 75.4 Å². The first-order valence-corrected chi connectivity index (χ1v) is 7.14. The van der Waals surface area contributed by atoms with Crippen molar-refractivity contribution in [1.82, 2.24) is 4.90 Å². The number of fused-ring (bicyclic) bond motifs is 1. The van der Waals surface area contributed by atoms with Crippen LogP contribution in [0.1, 0.15) is 21.5 Å². The molecule has 0 aromatic heterocycles. The van der Waals surface area contributed by atoms with Gasteiger partial charge in [-0.15, -0.1) is 0 Å². The number of nitrogens with two attached hydrogens (primary N) is 1. The van der Waals surface area contributed by atoms with Gasteiger partial charge >= 0.3 is 0 Å². The Balaban J connectivity index is 1.82. The Morgan fingerprint density at radius 1 is 1.18 bits per heavy atom. The Morgan fingerprint density at radius 3 is 2.77 bits per heavy atom. The van der Waals surface area contributed by atoms with E-state index in [0.29, 0.717) is 23.5 Å². The lowest BCUT2D eigenvalue weighted by Gasteiger charge is -2.25. The van der Waals surface area contributed by atoms with Gasteiger partial charge < -0.3 is 16.0 Å². The van der Waals surface area contributed by atoms with E-state index in [1.54, 1.807) is 17.0 Å². The number of rotatable bonds is 3. The zero-order chi connectivity index (χ0) is 15.5. The van der Waals surface area contributed by atoms with Crippen molar-refractivity contribution in [2.75, 3.05) is 17.6 Å². The average molecular weight is 295 g/mol. The smallest absolute Gasteiger partial charge is 0.255 e. The highest BCUT2D eigenvalue weighted by molar-refractivity contribution is 6.05. The molecule has 2 aromatic carbocycles. The molecule has 0 fully saturated rings. The van der Waals surface area contributed by atoms with Gasteiger partial charge in [-0.3, -0.25) is 9.59 Å². The van der Waals surface area contributed by atoms with E-state index in [2.05, 4.69) is 5.32 Å². The van der Waals surface area contributed by atoms with Gasteiger partial charge in [0.25, 0.3) is 5.91 Å². The van der Waals surface area contributed by atoms with Gasteiger partial charge in [-0.05, 0) is 41.8 Å². The van der Waals surface area contributed by atoms with Crippen molar-refractivity contribution in [3.05, 3.63) is 59.2 Å². The number of benzene rings is 2. The van der Waals surface area contributed by atoms with Crippen LogP contribution in [-0.4, -0.2) is 23.8 Å². The summed E-state index contributed by atoms with van der Waals surface area (Å²) in [5.74, 6) is -0.205. The molecule has 3 N–H and O–H groups in total. The molecule has 1 aliphatic heterocycles. The van der Waals surface area contributed by atoms with Crippen molar-refractivity contribution < 1.29 is 9.59 Å². The highest BCUT2D eigenvalue weighted by atomic mass is 16.1. The maximum Gasteiger partial charge on any atom is 0.255 e. The van der Waals surface area contributed by atoms with Crippen molar-refractivity contribution in [3.63, 3.8) is 0 Å². The Kier molecular flexibility index (Phi) is 3.78. The van der Waals surface area contributed by atoms with Crippen LogP contribution in [0.15, 0.2) is 42.5 Å². The third kappa shape index (κ3) is 2.79. The molecule has 0 radical (unpaired) electrons. The molecule has 5 heteroatoms. The molecule has 0 saturated heterocycles. The van der Waals surface area contributed by atoms with Gasteiger partial charge in [0.2, 0.25) is 6.41 Å². The predicted molar refractivity (Wildman–Crippen MR) is 85.4 cm³/mol. The van der Waals surface area contributed by atoms with E-state index in [4.69, 9.17) is 5.73 Å². The molecule has 3 rings (SSSR count). The maximum atomic E-state index is 12.4. The van der Waals surface area contributed by atoms with E-state index in [9.17, 15) is 9.59 Å². The largest absolute Gasteiger partial charge is 0.397 e. The second-order valence-electron chi connectivity index (χ2n) is 5.35. The molecular formula is C17H17N3O2. The number of para-hydroxylation sites is 2. The molecule has 5 nitrogen and oxygen atoms in total. The summed E-state index contributed by atoms with van der Waals surface area (Å²) in [6.45, 7) is 1.27. The summed E-state index contributed by atoms with van der Waals surface area (Å²) in [7, 11) is 0. The number of hydrogen-bond donors (Lipinski definition) is 2. The molecular weight excluding hydrogens is 278 g/mol. The summed E-state index contributed by atoms with van der Waals surface area (Å²) in [5.41, 5.74) is 9.73. The fraction of sp³-hybridized carbons (Fsp3) is 0.176. The standard InChI is InChI=1S/C17H17N3O2/c18-15-3-1-2-4-16(15)19-17(22)13-6-5-12-7-8-20(11-21)10-14(12)9-13/h1-6,9,11H,7-8,10,18H2,(H,19,22). The van der Waals surface area contributed by atoms with Gasteiger partial charge in [-0.2, -0.15) is 0 Å². The van der Waals surface area contributed by atoms with E-state index >= 15 is 0 Å². The monoisotopic (exact) mass is 295 g/mol. The number of nitrogens with one attached hydrogen (secondary N) is 1. The minimum absolute atomic E-state index is 0.205. The first-order valence-electron chi connectivity index (χ1n) is 7.14. The number of hydrogen-bond acceptors (Lipinski definition) is 3. The van der Waals surface area contributed by atoms with Crippen LogP contribution >= 0.6 is 0 Å². The molecule has 0 bridgehead atoms. The van der Waals surface area contributed by atoms with E-state index in [-0.39, 0.29) is 5.91 Å². The van der Waals surface area contributed by atoms with E-state index in [0.717, 1.165) is 24.9 Å². The summed E-state index contributed by atoms with van der Waals surface area (Å²) in [5, 5.41) is 2.81. The highest BCUT2D eigenvalue weighted by Gasteiger charge is 2.17. The number of nitrogen functional groups attached to an aromatic ring is 1. The van der Waals surface area contributed by atoms with Gasteiger partial charge in [-0.1, -0.05) is 18.2 Å². The van der Waals surface area contributed by atoms with Crippen LogP contribution in [0.3, 0.4) is 0 Å². The Hall–Kier alpha value is -2.82. The lowest BCUT2D eigenvalue weighted by atomic mass is 9.97. The number of carbonyl (C=O) groups excluding carboxylic acids is 2. The second-order valence-corrected chi connectivity index (χ2v) is 5.35. The van der Waals surface area contributed by atoms with Crippen LogP contribution in [0.4, 0.5) is 11.4 Å². The van der Waals surface area contributed by atoms with Gasteiger partial charge in [0.15, 0.2) is 0 Å². The van der Waals surface area contributed by atoms with E-state index in [1.165, 1.54) is 5.56 Å². The van der Waals surface area contributed by atoms with Crippen LogP contribution in [0.5, 0.6) is 0 Å². The zero-order valence-corrected chi connectivity index (χ0v) is 12.1. The Morgan fingerprint density at radius 2 is 2.00 bits per heavy atom. The fourth-order valence-corrected chi connectivity index (χ4v) is 2.62. The molecule has 0 saturated carbocycles. The van der Waals surface area contributed by atoms with Crippen molar-refractivity contribution in [2.45, 2.75) is 13.0 Å². The van der Waals surface area contributed by atoms with Crippen LogP contribution in [0.2, 0.25) is 0 Å². The van der Waals surface area contributed by atoms with Crippen LogP contribution < -0.4 is 11.1 Å². The summed E-state index contributed by atoms with van der Waals surface area (Å²) < 4.78 is 0. The van der Waals surface area contributed by atoms with Crippen molar-refractivity contribution >= 4 is 23.7 Å². The van der Waals surface area contributed by atoms with Gasteiger partial charge in [-0.25, -0.2) is 0 Å². The first kappa shape index (κ1) is 14.1. The molecule has 0 atom stereocenters. The molecule has 1 aliphatic rings. The SMILES string of the molecule is Nc1ccccc1NC(=O)c1ccc2c(c1)CN(C=O)CC2. The Labute approximate surface area is 128 Å². The minimum atomic E-state index is -0.205.